The number of nitrogens with one attached hydrogen (secondary N) is 3. The molecule has 1 saturated heterocycles. The Balaban J connectivity index is 1.39. The van der Waals surface area contributed by atoms with Gasteiger partial charge in [0.05, 0.1) is 25.2 Å². The molecule has 1 aromatic heterocycles. The summed E-state index contributed by atoms with van der Waals surface area (Å²) in [4.78, 5) is 28.2. The zero-order chi connectivity index (χ0) is 22.1. The zero-order valence-corrected chi connectivity index (χ0v) is 17.1. The van der Waals surface area contributed by atoms with Crippen LogP contribution in [0.5, 0.6) is 0 Å². The predicted octanol–water partition coefficient (Wildman–Crippen LogP) is 2.00. The van der Waals surface area contributed by atoms with Crippen LogP contribution in [0.3, 0.4) is 0 Å². The number of urea groups is 1. The minimum Gasteiger partial charge on any atom is -0.394 e. The maximum atomic E-state index is 13.0. The predicted molar refractivity (Wildman–Crippen MR) is 113 cm³/mol. The highest BCUT2D eigenvalue weighted by Gasteiger charge is 2.31. The van der Waals surface area contributed by atoms with Gasteiger partial charge in [-0.2, -0.15) is 0 Å². The number of carbonyl (C=O) groups excluding carboxylic acids is 2. The van der Waals surface area contributed by atoms with E-state index in [-0.39, 0.29) is 30.5 Å². The Morgan fingerprint density at radius 3 is 2.58 bits per heavy atom. The molecular weight excluding hydrogens is 403 g/mol. The number of ether oxygens (including phenoxy) is 1. The van der Waals surface area contributed by atoms with Gasteiger partial charge in [0.2, 0.25) is 5.91 Å². The molecule has 0 spiro atoms. The number of aliphatic hydroxyl groups excluding tert-OH is 1. The molecule has 2 aromatic rings. The molecular formula is C22H27FN4O4. The van der Waals surface area contributed by atoms with Crippen molar-refractivity contribution in [2.45, 2.75) is 43.9 Å². The maximum absolute atomic E-state index is 13.0. The molecule has 1 aromatic carbocycles. The van der Waals surface area contributed by atoms with Crippen LogP contribution in [0.15, 0.2) is 48.8 Å². The fourth-order valence-electron chi connectivity index (χ4n) is 3.50. The molecule has 4 N–H and O–H groups in total. The largest absolute Gasteiger partial charge is 0.394 e. The third-order valence-electron chi connectivity index (χ3n) is 5.12. The van der Waals surface area contributed by atoms with Crippen LogP contribution in [-0.2, 0) is 16.0 Å². The number of pyridine rings is 1. The number of aliphatic hydroxyl groups is 1. The smallest absolute Gasteiger partial charge is 0.319 e. The lowest BCUT2D eigenvalue weighted by atomic mass is 9.97. The van der Waals surface area contributed by atoms with E-state index in [1.165, 1.54) is 24.3 Å². The second-order valence-corrected chi connectivity index (χ2v) is 7.44. The van der Waals surface area contributed by atoms with Crippen molar-refractivity contribution >= 4 is 17.6 Å². The topological polar surface area (TPSA) is 113 Å². The fourth-order valence-corrected chi connectivity index (χ4v) is 3.50. The molecule has 166 valence electrons. The first kappa shape index (κ1) is 22.6. The second kappa shape index (κ2) is 11.4. The standard InChI is InChI=1S/C22H27FN4O4/c23-16-1-3-17(4-2-16)26-22(30)27-19-6-5-18(31-20(19)14-28)9-12-25-21(29)13-15-7-10-24-11-8-15/h1-4,7-8,10-11,18-20,28H,5-6,9,12-14H2,(H,25,29)(H2,26,27,30)/t18-,19-,20+/m0/s1. The third kappa shape index (κ3) is 7.30. The van der Waals surface area contributed by atoms with Crippen LogP contribution in [0.4, 0.5) is 14.9 Å². The van der Waals surface area contributed by atoms with E-state index in [1.54, 1.807) is 24.5 Å². The van der Waals surface area contributed by atoms with Gasteiger partial charge in [0.15, 0.2) is 0 Å². The monoisotopic (exact) mass is 430 g/mol. The molecule has 3 atom stereocenters. The Bertz CT molecular complexity index is 850. The van der Waals surface area contributed by atoms with Gasteiger partial charge in [0, 0.05) is 24.6 Å². The molecule has 3 rings (SSSR count). The molecule has 8 nitrogen and oxygen atoms in total. The Morgan fingerprint density at radius 1 is 1.13 bits per heavy atom. The number of aromatic nitrogens is 1. The zero-order valence-electron chi connectivity index (χ0n) is 17.1. The van der Waals surface area contributed by atoms with E-state index >= 15 is 0 Å². The van der Waals surface area contributed by atoms with E-state index in [0.29, 0.717) is 37.9 Å². The van der Waals surface area contributed by atoms with Crippen molar-refractivity contribution in [3.05, 3.63) is 60.2 Å². The maximum Gasteiger partial charge on any atom is 0.319 e. The number of benzene rings is 1. The van der Waals surface area contributed by atoms with Gasteiger partial charge >= 0.3 is 6.03 Å². The number of anilines is 1. The van der Waals surface area contributed by atoms with Crippen molar-refractivity contribution in [1.29, 1.82) is 0 Å². The van der Waals surface area contributed by atoms with Crippen LogP contribution in [0, 0.1) is 5.82 Å². The number of nitrogens with zero attached hydrogens (tertiary/aromatic N) is 1. The number of hydrogen-bond donors (Lipinski definition) is 4. The summed E-state index contributed by atoms with van der Waals surface area (Å²) in [5.41, 5.74) is 1.37. The van der Waals surface area contributed by atoms with Crippen molar-refractivity contribution in [3.63, 3.8) is 0 Å². The highest BCUT2D eigenvalue weighted by Crippen LogP contribution is 2.22. The number of carbonyl (C=O) groups is 2. The summed E-state index contributed by atoms with van der Waals surface area (Å²) >= 11 is 0. The average Bonchev–Trinajstić information content (AvgIpc) is 2.77. The first-order valence-corrected chi connectivity index (χ1v) is 10.3. The Kier molecular flexibility index (Phi) is 8.31. The molecule has 0 unspecified atom stereocenters. The first-order valence-electron chi connectivity index (χ1n) is 10.3. The van der Waals surface area contributed by atoms with Gasteiger partial charge in [-0.15, -0.1) is 0 Å². The van der Waals surface area contributed by atoms with Gasteiger partial charge in [0.25, 0.3) is 0 Å². The van der Waals surface area contributed by atoms with Gasteiger partial charge in [-0.1, -0.05) is 0 Å². The summed E-state index contributed by atoms with van der Waals surface area (Å²) in [5.74, 6) is -0.454. The number of halogens is 1. The lowest BCUT2D eigenvalue weighted by Crippen LogP contribution is -2.52. The van der Waals surface area contributed by atoms with Gasteiger partial charge < -0.3 is 25.8 Å². The average molecular weight is 430 g/mol. The number of rotatable bonds is 8. The number of amides is 3. The van der Waals surface area contributed by atoms with Crippen LogP contribution in [-0.4, -0.2) is 53.4 Å². The molecule has 0 bridgehead atoms. The first-order chi connectivity index (χ1) is 15.0. The summed E-state index contributed by atoms with van der Waals surface area (Å²) in [5, 5.41) is 18.0. The second-order valence-electron chi connectivity index (χ2n) is 7.44. The van der Waals surface area contributed by atoms with Crippen molar-refractivity contribution < 1.29 is 23.8 Å². The van der Waals surface area contributed by atoms with Crippen LogP contribution in [0.1, 0.15) is 24.8 Å². The van der Waals surface area contributed by atoms with Crippen molar-refractivity contribution in [3.8, 4) is 0 Å². The molecule has 0 saturated carbocycles. The lowest BCUT2D eigenvalue weighted by molar-refractivity contribution is -0.121. The van der Waals surface area contributed by atoms with E-state index in [1.807, 2.05) is 0 Å². The van der Waals surface area contributed by atoms with Gasteiger partial charge in [-0.25, -0.2) is 9.18 Å². The normalized spacial score (nSPS) is 20.6. The fraction of sp³-hybridized carbons (Fsp3) is 0.409. The third-order valence-corrected chi connectivity index (χ3v) is 5.12. The minimum atomic E-state index is -0.537. The van der Waals surface area contributed by atoms with E-state index in [0.717, 1.165) is 5.56 Å². The SMILES string of the molecule is O=C(Cc1ccncc1)NCC[C@@H]1CC[C@H](NC(=O)Nc2ccc(F)cc2)[C@@H](CO)O1. The summed E-state index contributed by atoms with van der Waals surface area (Å²) in [6.45, 7) is 0.238. The van der Waals surface area contributed by atoms with Crippen LogP contribution < -0.4 is 16.0 Å². The van der Waals surface area contributed by atoms with E-state index < -0.39 is 12.1 Å². The molecule has 0 radical (unpaired) electrons. The Morgan fingerprint density at radius 2 is 1.87 bits per heavy atom. The van der Waals surface area contributed by atoms with Gasteiger partial charge in [-0.05, 0) is 61.2 Å². The van der Waals surface area contributed by atoms with Crippen molar-refractivity contribution in [1.82, 2.24) is 15.6 Å². The molecule has 1 fully saturated rings. The molecule has 1 aliphatic heterocycles. The van der Waals surface area contributed by atoms with Crippen molar-refractivity contribution in [2.75, 3.05) is 18.5 Å². The Hall–Kier alpha value is -3.04. The summed E-state index contributed by atoms with van der Waals surface area (Å²) < 4.78 is 18.9. The molecule has 0 aliphatic carbocycles. The van der Waals surface area contributed by atoms with Crippen LogP contribution in [0.2, 0.25) is 0 Å². The molecule has 1 aliphatic rings. The summed E-state index contributed by atoms with van der Waals surface area (Å²) in [6, 6.07) is 8.27. The molecule has 3 amide bonds. The van der Waals surface area contributed by atoms with Crippen LogP contribution in [0.25, 0.3) is 0 Å². The van der Waals surface area contributed by atoms with E-state index in [2.05, 4.69) is 20.9 Å². The highest BCUT2D eigenvalue weighted by atomic mass is 19.1. The molecule has 9 heteroatoms. The lowest BCUT2D eigenvalue weighted by Gasteiger charge is -2.36. The minimum absolute atomic E-state index is 0.0716. The summed E-state index contributed by atoms with van der Waals surface area (Å²) in [6.07, 6.45) is 4.89. The van der Waals surface area contributed by atoms with Crippen molar-refractivity contribution in [2.24, 2.45) is 0 Å². The highest BCUT2D eigenvalue weighted by molar-refractivity contribution is 5.89. The van der Waals surface area contributed by atoms with Crippen LogP contribution >= 0.6 is 0 Å². The van der Waals surface area contributed by atoms with Gasteiger partial charge in [0.1, 0.15) is 11.9 Å². The van der Waals surface area contributed by atoms with E-state index in [4.69, 9.17) is 4.74 Å². The number of hydrogen-bond acceptors (Lipinski definition) is 5. The van der Waals surface area contributed by atoms with Gasteiger partial charge in [-0.3, -0.25) is 9.78 Å². The molecule has 31 heavy (non-hydrogen) atoms. The summed E-state index contributed by atoms with van der Waals surface area (Å²) in [7, 11) is 0. The van der Waals surface area contributed by atoms with E-state index in [9.17, 15) is 19.1 Å². The quantitative estimate of drug-likeness (QED) is 0.512. The molecule has 2 heterocycles. The Labute approximate surface area is 180 Å².